The Labute approximate surface area is 143 Å². The molecule has 0 aliphatic rings. The largest absolute Gasteiger partial charge is 0.380 e. The molecule has 24 heavy (non-hydrogen) atoms. The molecule has 0 saturated carbocycles. The third kappa shape index (κ3) is 5.06. The van der Waals surface area contributed by atoms with Crippen molar-refractivity contribution in [2.75, 3.05) is 20.7 Å². The van der Waals surface area contributed by atoms with Gasteiger partial charge in [-0.15, -0.1) is 10.2 Å². The number of aryl methyl sites for hydroxylation is 1. The zero-order chi connectivity index (χ0) is 17.2. The van der Waals surface area contributed by atoms with Crippen LogP contribution >= 0.6 is 0 Å². The minimum absolute atomic E-state index is 0.608. The molecule has 130 valence electrons. The van der Waals surface area contributed by atoms with Crippen LogP contribution in [0.15, 0.2) is 35.6 Å². The number of hydrogen-bond acceptors (Lipinski definition) is 4. The molecule has 2 N–H and O–H groups in total. The number of ether oxygens (including phenoxy) is 1. The van der Waals surface area contributed by atoms with E-state index in [9.17, 15) is 0 Å². The first kappa shape index (κ1) is 17.9. The zero-order valence-corrected chi connectivity index (χ0v) is 14.6. The fraction of sp³-hybridized carbons (Fsp3) is 0.471. The minimum atomic E-state index is 0.608. The molecular formula is C17H26N6O. The summed E-state index contributed by atoms with van der Waals surface area (Å²) in [4.78, 5) is 4.26. The first-order valence-electron chi connectivity index (χ1n) is 8.15. The third-order valence-electron chi connectivity index (χ3n) is 3.75. The van der Waals surface area contributed by atoms with Gasteiger partial charge in [0.05, 0.1) is 6.61 Å². The maximum absolute atomic E-state index is 5.24. The van der Waals surface area contributed by atoms with E-state index in [1.165, 1.54) is 11.1 Å². The summed E-state index contributed by atoms with van der Waals surface area (Å²) >= 11 is 0. The maximum atomic E-state index is 5.24. The van der Waals surface area contributed by atoms with E-state index in [0.717, 1.165) is 31.3 Å². The lowest BCUT2D eigenvalue weighted by molar-refractivity contribution is 0.184. The first-order chi connectivity index (χ1) is 11.8. The van der Waals surface area contributed by atoms with E-state index in [2.05, 4.69) is 44.9 Å². The van der Waals surface area contributed by atoms with Crippen molar-refractivity contribution in [3.8, 4) is 0 Å². The Morgan fingerprint density at radius 2 is 2.04 bits per heavy atom. The predicted molar refractivity (Wildman–Crippen MR) is 94.8 cm³/mol. The third-order valence-corrected chi connectivity index (χ3v) is 3.75. The van der Waals surface area contributed by atoms with E-state index in [0.29, 0.717) is 13.2 Å². The van der Waals surface area contributed by atoms with Crippen molar-refractivity contribution in [3.05, 3.63) is 47.5 Å². The van der Waals surface area contributed by atoms with Crippen molar-refractivity contribution in [3.63, 3.8) is 0 Å². The molecule has 7 heteroatoms. The van der Waals surface area contributed by atoms with Crippen LogP contribution in [0.5, 0.6) is 0 Å². The maximum Gasteiger partial charge on any atom is 0.191 e. The Hall–Kier alpha value is -2.41. The highest BCUT2D eigenvalue weighted by molar-refractivity contribution is 5.79. The van der Waals surface area contributed by atoms with Crippen molar-refractivity contribution in [1.82, 2.24) is 25.4 Å². The summed E-state index contributed by atoms with van der Waals surface area (Å²) in [6.45, 7) is 4.94. The summed E-state index contributed by atoms with van der Waals surface area (Å²) in [5.74, 6) is 1.77. The van der Waals surface area contributed by atoms with E-state index in [1.54, 1.807) is 20.5 Å². The van der Waals surface area contributed by atoms with Gasteiger partial charge in [-0.3, -0.25) is 4.99 Å². The normalized spacial score (nSPS) is 11.5. The Bertz CT molecular complexity index is 652. The Morgan fingerprint density at radius 1 is 1.25 bits per heavy atom. The Kier molecular flexibility index (Phi) is 7.22. The van der Waals surface area contributed by atoms with Gasteiger partial charge >= 0.3 is 0 Å². The summed E-state index contributed by atoms with van der Waals surface area (Å²) in [6, 6.07) is 8.23. The summed E-state index contributed by atoms with van der Waals surface area (Å²) in [5.41, 5.74) is 2.38. The molecule has 0 spiro atoms. The topological polar surface area (TPSA) is 76.4 Å². The summed E-state index contributed by atoms with van der Waals surface area (Å²) in [7, 11) is 3.48. The average Bonchev–Trinajstić information content (AvgIpc) is 3.07. The highest BCUT2D eigenvalue weighted by Gasteiger charge is 2.04. The molecule has 0 saturated heterocycles. The molecule has 1 aromatic carbocycles. The standard InChI is InChI=1S/C17H26N6O/c1-4-16-22-21-13-23(16)10-9-19-17(18-2)20-11-14-7-5-6-8-15(14)12-24-3/h5-8,13H,4,9-12H2,1-3H3,(H2,18,19,20). The lowest BCUT2D eigenvalue weighted by atomic mass is 10.1. The number of rotatable bonds is 8. The van der Waals surface area contributed by atoms with Gasteiger partial charge in [0.2, 0.25) is 0 Å². The van der Waals surface area contributed by atoms with Crippen LogP contribution in [0.1, 0.15) is 23.9 Å². The van der Waals surface area contributed by atoms with E-state index in [-0.39, 0.29) is 0 Å². The van der Waals surface area contributed by atoms with Crippen LogP contribution in [0.2, 0.25) is 0 Å². The van der Waals surface area contributed by atoms with Crippen LogP contribution in [-0.2, 0) is 30.9 Å². The molecule has 1 aromatic heterocycles. The molecule has 0 amide bonds. The molecule has 0 aliphatic carbocycles. The molecule has 0 radical (unpaired) electrons. The summed E-state index contributed by atoms with van der Waals surface area (Å²) < 4.78 is 7.29. The molecule has 0 bridgehead atoms. The van der Waals surface area contributed by atoms with Gasteiger partial charge < -0.3 is 19.9 Å². The fourth-order valence-electron chi connectivity index (χ4n) is 2.46. The number of hydrogen-bond donors (Lipinski definition) is 2. The van der Waals surface area contributed by atoms with Crippen molar-refractivity contribution in [2.45, 2.75) is 33.0 Å². The van der Waals surface area contributed by atoms with Crippen molar-refractivity contribution < 1.29 is 4.74 Å². The number of guanidine groups is 1. The fourth-order valence-corrected chi connectivity index (χ4v) is 2.46. The highest BCUT2D eigenvalue weighted by atomic mass is 16.5. The minimum Gasteiger partial charge on any atom is -0.380 e. The van der Waals surface area contributed by atoms with Gasteiger partial charge in [0.15, 0.2) is 5.96 Å². The molecule has 0 unspecified atom stereocenters. The predicted octanol–water partition coefficient (Wildman–Crippen LogP) is 1.35. The monoisotopic (exact) mass is 330 g/mol. The van der Waals surface area contributed by atoms with Crippen LogP contribution in [0, 0.1) is 0 Å². The number of methoxy groups -OCH3 is 1. The van der Waals surface area contributed by atoms with Gasteiger partial charge in [-0.05, 0) is 11.1 Å². The van der Waals surface area contributed by atoms with E-state index < -0.39 is 0 Å². The van der Waals surface area contributed by atoms with Gasteiger partial charge in [0, 0.05) is 40.2 Å². The highest BCUT2D eigenvalue weighted by Crippen LogP contribution is 2.09. The second-order valence-corrected chi connectivity index (χ2v) is 5.35. The van der Waals surface area contributed by atoms with Crippen LogP contribution < -0.4 is 10.6 Å². The van der Waals surface area contributed by atoms with Crippen molar-refractivity contribution in [1.29, 1.82) is 0 Å². The first-order valence-corrected chi connectivity index (χ1v) is 8.15. The lowest BCUT2D eigenvalue weighted by Crippen LogP contribution is -2.38. The number of benzene rings is 1. The molecule has 0 fully saturated rings. The van der Waals surface area contributed by atoms with E-state index >= 15 is 0 Å². The Morgan fingerprint density at radius 3 is 2.75 bits per heavy atom. The van der Waals surface area contributed by atoms with Crippen molar-refractivity contribution >= 4 is 5.96 Å². The van der Waals surface area contributed by atoms with Gasteiger partial charge in [0.1, 0.15) is 12.2 Å². The molecule has 0 atom stereocenters. The van der Waals surface area contributed by atoms with Gasteiger partial charge in [-0.2, -0.15) is 0 Å². The van der Waals surface area contributed by atoms with Gasteiger partial charge in [-0.25, -0.2) is 0 Å². The van der Waals surface area contributed by atoms with Crippen LogP contribution in [0.25, 0.3) is 0 Å². The van der Waals surface area contributed by atoms with Gasteiger partial charge in [0.25, 0.3) is 0 Å². The molecule has 0 aliphatic heterocycles. The Balaban J connectivity index is 1.83. The number of nitrogens with zero attached hydrogens (tertiary/aromatic N) is 4. The molecule has 2 rings (SSSR count). The second-order valence-electron chi connectivity index (χ2n) is 5.35. The zero-order valence-electron chi connectivity index (χ0n) is 14.6. The van der Waals surface area contributed by atoms with E-state index in [1.807, 2.05) is 16.7 Å². The molecule has 1 heterocycles. The van der Waals surface area contributed by atoms with Gasteiger partial charge in [-0.1, -0.05) is 31.2 Å². The SMILES string of the molecule is CCc1nncn1CCNC(=NC)NCc1ccccc1COC. The number of aliphatic imine (C=N–C) groups is 1. The molecule has 2 aromatic rings. The second kappa shape index (κ2) is 9.67. The van der Waals surface area contributed by atoms with Crippen LogP contribution in [0.3, 0.4) is 0 Å². The molecular weight excluding hydrogens is 304 g/mol. The van der Waals surface area contributed by atoms with E-state index in [4.69, 9.17) is 4.74 Å². The average molecular weight is 330 g/mol. The lowest BCUT2D eigenvalue weighted by Gasteiger charge is -2.14. The number of aromatic nitrogens is 3. The quantitative estimate of drug-likeness (QED) is 0.564. The smallest absolute Gasteiger partial charge is 0.191 e. The summed E-state index contributed by atoms with van der Waals surface area (Å²) in [6.07, 6.45) is 2.64. The van der Waals surface area contributed by atoms with Crippen LogP contribution in [0.4, 0.5) is 0 Å². The molecule has 7 nitrogen and oxygen atoms in total. The van der Waals surface area contributed by atoms with Crippen LogP contribution in [-0.4, -0.2) is 41.4 Å². The number of nitrogens with one attached hydrogen (secondary N) is 2. The van der Waals surface area contributed by atoms with Crippen molar-refractivity contribution in [2.24, 2.45) is 4.99 Å². The summed E-state index contributed by atoms with van der Waals surface area (Å²) in [5, 5.41) is 14.7.